The highest BCUT2D eigenvalue weighted by Crippen LogP contribution is 2.26. The fraction of sp³-hybridized carbons (Fsp3) is 0.500. The van der Waals surface area contributed by atoms with Crippen molar-refractivity contribution in [3.05, 3.63) is 28.3 Å². The molecule has 1 saturated heterocycles. The molecule has 1 heterocycles. The Morgan fingerprint density at radius 1 is 1.44 bits per heavy atom. The van der Waals surface area contributed by atoms with Gasteiger partial charge < -0.3 is 16.0 Å². The van der Waals surface area contributed by atoms with Gasteiger partial charge in [0, 0.05) is 17.8 Å². The quantitative estimate of drug-likeness (QED) is 0.484. The van der Waals surface area contributed by atoms with Crippen LogP contribution < -0.4 is 11.1 Å². The third kappa shape index (κ3) is 2.89. The number of nitrogens with zero attached hydrogens (tertiary/aromatic N) is 2. The molecule has 1 aliphatic heterocycles. The maximum absolute atomic E-state index is 10.7. The van der Waals surface area contributed by atoms with Gasteiger partial charge in [0.2, 0.25) is 0 Å². The first-order valence-electron chi connectivity index (χ1n) is 6.05. The summed E-state index contributed by atoms with van der Waals surface area (Å²) in [5, 5.41) is 14.0. The number of nitrogens with one attached hydrogen (secondary N) is 1. The van der Waals surface area contributed by atoms with Gasteiger partial charge in [-0.3, -0.25) is 10.1 Å². The van der Waals surface area contributed by atoms with E-state index in [0.717, 1.165) is 31.6 Å². The smallest absolute Gasteiger partial charge is 0.292 e. The summed E-state index contributed by atoms with van der Waals surface area (Å²) in [4.78, 5) is 12.5. The van der Waals surface area contributed by atoms with E-state index >= 15 is 0 Å². The van der Waals surface area contributed by atoms with Crippen molar-refractivity contribution in [2.45, 2.75) is 18.9 Å². The van der Waals surface area contributed by atoms with E-state index in [9.17, 15) is 10.1 Å². The first kappa shape index (κ1) is 12.6. The molecule has 1 aromatic carbocycles. The van der Waals surface area contributed by atoms with Crippen molar-refractivity contribution in [3.63, 3.8) is 0 Å². The van der Waals surface area contributed by atoms with Crippen molar-refractivity contribution >= 4 is 17.1 Å². The van der Waals surface area contributed by atoms with Gasteiger partial charge in [0.25, 0.3) is 5.69 Å². The van der Waals surface area contributed by atoms with Crippen LogP contribution in [0.5, 0.6) is 0 Å². The van der Waals surface area contributed by atoms with Crippen LogP contribution in [0.15, 0.2) is 18.2 Å². The molecule has 1 fully saturated rings. The molecule has 0 spiro atoms. The number of hydrogen-bond acceptors (Lipinski definition) is 5. The molecule has 0 atom stereocenters. The summed E-state index contributed by atoms with van der Waals surface area (Å²) in [5.74, 6) is 0. The zero-order chi connectivity index (χ0) is 13.1. The molecular formula is C12H18N4O2. The van der Waals surface area contributed by atoms with Crippen molar-refractivity contribution in [2.24, 2.45) is 0 Å². The van der Waals surface area contributed by atoms with Gasteiger partial charge in [0.15, 0.2) is 0 Å². The van der Waals surface area contributed by atoms with E-state index < -0.39 is 4.92 Å². The number of rotatable bonds is 3. The SMILES string of the molecule is CN1CCC(Nc2ccc([N+](=O)[O-])c(N)c2)CC1. The number of likely N-dealkylation sites (tertiary alicyclic amines) is 1. The van der Waals surface area contributed by atoms with Crippen LogP contribution >= 0.6 is 0 Å². The maximum atomic E-state index is 10.7. The van der Waals surface area contributed by atoms with E-state index in [-0.39, 0.29) is 11.4 Å². The second-order valence-corrected chi connectivity index (χ2v) is 4.75. The van der Waals surface area contributed by atoms with Gasteiger partial charge in [0.1, 0.15) is 5.69 Å². The second-order valence-electron chi connectivity index (χ2n) is 4.75. The number of benzene rings is 1. The van der Waals surface area contributed by atoms with E-state index in [2.05, 4.69) is 17.3 Å². The van der Waals surface area contributed by atoms with Crippen molar-refractivity contribution in [3.8, 4) is 0 Å². The summed E-state index contributed by atoms with van der Waals surface area (Å²) in [7, 11) is 2.11. The van der Waals surface area contributed by atoms with Crippen molar-refractivity contribution in [1.29, 1.82) is 0 Å². The lowest BCUT2D eigenvalue weighted by molar-refractivity contribution is -0.383. The van der Waals surface area contributed by atoms with E-state index in [0.29, 0.717) is 6.04 Å². The van der Waals surface area contributed by atoms with Crippen LogP contribution in [0.4, 0.5) is 17.1 Å². The van der Waals surface area contributed by atoms with E-state index in [1.165, 1.54) is 6.07 Å². The molecule has 0 unspecified atom stereocenters. The Morgan fingerprint density at radius 3 is 2.67 bits per heavy atom. The van der Waals surface area contributed by atoms with Gasteiger partial charge in [-0.15, -0.1) is 0 Å². The molecule has 0 radical (unpaired) electrons. The molecule has 6 heteroatoms. The molecule has 1 aliphatic rings. The second kappa shape index (κ2) is 5.22. The minimum absolute atomic E-state index is 0.0380. The predicted molar refractivity (Wildman–Crippen MR) is 71.7 cm³/mol. The lowest BCUT2D eigenvalue weighted by Gasteiger charge is -2.30. The molecular weight excluding hydrogens is 232 g/mol. The van der Waals surface area contributed by atoms with Crippen LogP contribution in [-0.4, -0.2) is 36.0 Å². The van der Waals surface area contributed by atoms with Crippen molar-refractivity contribution < 1.29 is 4.92 Å². The van der Waals surface area contributed by atoms with Crippen LogP contribution in [-0.2, 0) is 0 Å². The van der Waals surface area contributed by atoms with Gasteiger partial charge >= 0.3 is 0 Å². The van der Waals surface area contributed by atoms with Gasteiger partial charge in [-0.25, -0.2) is 0 Å². The molecule has 0 aliphatic carbocycles. The maximum Gasteiger partial charge on any atom is 0.292 e. The number of anilines is 2. The molecule has 2 rings (SSSR count). The summed E-state index contributed by atoms with van der Waals surface area (Å²) < 4.78 is 0. The van der Waals surface area contributed by atoms with Crippen LogP contribution in [0, 0.1) is 10.1 Å². The largest absolute Gasteiger partial charge is 0.393 e. The number of nitro groups is 1. The summed E-state index contributed by atoms with van der Waals surface area (Å²) in [6.07, 6.45) is 2.15. The van der Waals surface area contributed by atoms with Crippen LogP contribution in [0.1, 0.15) is 12.8 Å². The number of hydrogen-bond donors (Lipinski definition) is 2. The van der Waals surface area contributed by atoms with Crippen molar-refractivity contribution in [2.75, 3.05) is 31.2 Å². The molecule has 0 aromatic heterocycles. The summed E-state index contributed by atoms with van der Waals surface area (Å²) in [6.45, 7) is 2.14. The lowest BCUT2D eigenvalue weighted by atomic mass is 10.1. The molecule has 1 aromatic rings. The van der Waals surface area contributed by atoms with Gasteiger partial charge in [-0.05, 0) is 45.1 Å². The Balaban J connectivity index is 2.02. The monoisotopic (exact) mass is 250 g/mol. The summed E-state index contributed by atoms with van der Waals surface area (Å²) >= 11 is 0. The minimum Gasteiger partial charge on any atom is -0.393 e. The Labute approximate surface area is 106 Å². The van der Waals surface area contributed by atoms with Gasteiger partial charge in [0.05, 0.1) is 4.92 Å². The predicted octanol–water partition coefficient (Wildman–Crippen LogP) is 1.68. The molecule has 18 heavy (non-hydrogen) atoms. The zero-order valence-corrected chi connectivity index (χ0v) is 10.4. The van der Waals surface area contributed by atoms with Crippen molar-refractivity contribution in [1.82, 2.24) is 4.90 Å². The number of piperidine rings is 1. The topological polar surface area (TPSA) is 84.4 Å². The minimum atomic E-state index is -0.464. The Bertz CT molecular complexity index is 442. The van der Waals surface area contributed by atoms with Crippen LogP contribution in [0.2, 0.25) is 0 Å². The lowest BCUT2D eigenvalue weighted by Crippen LogP contribution is -2.36. The summed E-state index contributed by atoms with van der Waals surface area (Å²) in [6, 6.07) is 5.22. The van der Waals surface area contributed by atoms with Gasteiger partial charge in [-0.1, -0.05) is 0 Å². The Hall–Kier alpha value is -1.82. The molecule has 6 nitrogen and oxygen atoms in total. The Kier molecular flexibility index (Phi) is 3.66. The molecule has 3 N–H and O–H groups in total. The van der Waals surface area contributed by atoms with E-state index in [1.54, 1.807) is 12.1 Å². The van der Waals surface area contributed by atoms with Crippen LogP contribution in [0.3, 0.4) is 0 Å². The highest BCUT2D eigenvalue weighted by atomic mass is 16.6. The first-order chi connectivity index (χ1) is 8.56. The molecule has 0 saturated carbocycles. The molecule has 0 amide bonds. The fourth-order valence-electron chi connectivity index (χ4n) is 2.20. The third-order valence-corrected chi connectivity index (χ3v) is 3.31. The standard InChI is InChI=1S/C12H18N4O2/c1-15-6-4-9(5-7-15)14-10-2-3-12(16(17)18)11(13)8-10/h2-3,8-9,14H,4-7,13H2,1H3. The average molecular weight is 250 g/mol. The van der Waals surface area contributed by atoms with E-state index in [4.69, 9.17) is 5.73 Å². The first-order valence-corrected chi connectivity index (χ1v) is 6.05. The highest BCUT2D eigenvalue weighted by Gasteiger charge is 2.17. The Morgan fingerprint density at radius 2 is 2.11 bits per heavy atom. The number of nitrogen functional groups attached to an aromatic ring is 1. The normalized spacial score (nSPS) is 17.6. The highest BCUT2D eigenvalue weighted by molar-refractivity contribution is 5.66. The van der Waals surface area contributed by atoms with Gasteiger partial charge in [-0.2, -0.15) is 0 Å². The fourth-order valence-corrected chi connectivity index (χ4v) is 2.20. The molecule has 0 bridgehead atoms. The number of nitrogens with two attached hydrogens (primary N) is 1. The summed E-state index contributed by atoms with van der Waals surface area (Å²) in [5.41, 5.74) is 6.68. The van der Waals surface area contributed by atoms with E-state index in [1.807, 2.05) is 0 Å². The zero-order valence-electron chi connectivity index (χ0n) is 10.4. The van der Waals surface area contributed by atoms with Crippen LogP contribution in [0.25, 0.3) is 0 Å². The third-order valence-electron chi connectivity index (χ3n) is 3.31. The molecule has 98 valence electrons. The average Bonchev–Trinajstić information content (AvgIpc) is 2.32. The number of nitro benzene ring substituents is 1.